The molecule has 1 fully saturated rings. The second-order valence-corrected chi connectivity index (χ2v) is 5.95. The van der Waals surface area contributed by atoms with Gasteiger partial charge in [0.1, 0.15) is 0 Å². The number of ether oxygens (including phenoxy) is 1. The number of anilines is 1. The molecule has 0 aliphatic carbocycles. The zero-order chi connectivity index (χ0) is 14.4. The van der Waals surface area contributed by atoms with E-state index >= 15 is 0 Å². The van der Waals surface area contributed by atoms with Crippen LogP contribution in [0.5, 0.6) is 0 Å². The summed E-state index contributed by atoms with van der Waals surface area (Å²) in [5.41, 5.74) is 2.38. The van der Waals surface area contributed by atoms with Crippen molar-refractivity contribution in [3.8, 4) is 0 Å². The van der Waals surface area contributed by atoms with Gasteiger partial charge in [0.05, 0.1) is 6.10 Å². The highest BCUT2D eigenvalue weighted by molar-refractivity contribution is 7.80. The first-order chi connectivity index (χ1) is 9.66. The molecule has 2 rings (SSSR count). The Balaban J connectivity index is 1.79. The highest BCUT2D eigenvalue weighted by Crippen LogP contribution is 2.23. The van der Waals surface area contributed by atoms with E-state index in [1.165, 1.54) is 18.4 Å². The van der Waals surface area contributed by atoms with E-state index in [1.54, 1.807) is 0 Å². The van der Waals surface area contributed by atoms with Crippen LogP contribution < -0.4 is 10.6 Å². The smallest absolute Gasteiger partial charge is 0.170 e. The molecule has 3 nitrogen and oxygen atoms in total. The van der Waals surface area contributed by atoms with Crippen LogP contribution >= 0.6 is 12.2 Å². The van der Waals surface area contributed by atoms with Crippen molar-refractivity contribution in [3.63, 3.8) is 0 Å². The van der Waals surface area contributed by atoms with E-state index in [0.29, 0.717) is 17.1 Å². The monoisotopic (exact) mass is 292 g/mol. The number of hydrogen-bond acceptors (Lipinski definition) is 2. The van der Waals surface area contributed by atoms with Crippen molar-refractivity contribution in [1.29, 1.82) is 0 Å². The van der Waals surface area contributed by atoms with Crippen LogP contribution in [0.4, 0.5) is 5.69 Å². The molecule has 0 spiro atoms. The molecule has 110 valence electrons. The second-order valence-electron chi connectivity index (χ2n) is 5.55. The van der Waals surface area contributed by atoms with E-state index in [1.807, 2.05) is 6.07 Å². The van der Waals surface area contributed by atoms with Gasteiger partial charge < -0.3 is 15.4 Å². The fourth-order valence-corrected chi connectivity index (χ4v) is 2.71. The predicted molar refractivity (Wildman–Crippen MR) is 88.3 cm³/mol. The van der Waals surface area contributed by atoms with Crippen molar-refractivity contribution in [2.75, 3.05) is 18.5 Å². The molecule has 0 bridgehead atoms. The maximum absolute atomic E-state index is 5.60. The molecule has 4 heteroatoms. The van der Waals surface area contributed by atoms with Gasteiger partial charge in [-0.2, -0.15) is 0 Å². The molecule has 0 saturated carbocycles. The molecule has 1 unspecified atom stereocenters. The van der Waals surface area contributed by atoms with Gasteiger partial charge in [0.25, 0.3) is 0 Å². The summed E-state index contributed by atoms with van der Waals surface area (Å²) in [5, 5.41) is 7.25. The van der Waals surface area contributed by atoms with Crippen LogP contribution in [0, 0.1) is 0 Å². The third-order valence-electron chi connectivity index (χ3n) is 3.61. The molecule has 0 radical (unpaired) electrons. The van der Waals surface area contributed by atoms with Crippen molar-refractivity contribution in [2.24, 2.45) is 0 Å². The van der Waals surface area contributed by atoms with Crippen LogP contribution in [0.25, 0.3) is 0 Å². The van der Waals surface area contributed by atoms with E-state index in [0.717, 1.165) is 25.3 Å². The summed E-state index contributed by atoms with van der Waals surface area (Å²) in [6, 6.07) is 8.31. The average molecular weight is 292 g/mol. The lowest BCUT2D eigenvalue weighted by molar-refractivity contribution is 0.105. The van der Waals surface area contributed by atoms with Gasteiger partial charge in [-0.25, -0.2) is 0 Å². The Hall–Kier alpha value is -1.13. The first kappa shape index (κ1) is 15.3. The lowest BCUT2D eigenvalue weighted by atomic mass is 10.0. The normalized spacial score (nSPS) is 18.2. The quantitative estimate of drug-likeness (QED) is 0.811. The predicted octanol–water partition coefficient (Wildman–Crippen LogP) is 3.67. The van der Waals surface area contributed by atoms with Gasteiger partial charge in [0.15, 0.2) is 5.11 Å². The van der Waals surface area contributed by atoms with E-state index in [4.69, 9.17) is 17.0 Å². The fraction of sp³-hybridized carbons (Fsp3) is 0.562. The van der Waals surface area contributed by atoms with Gasteiger partial charge in [-0.15, -0.1) is 0 Å². The second kappa shape index (κ2) is 7.60. The SMILES string of the molecule is CC(C)c1ccccc1NC(=S)NCCC1CCCO1. The number of thiocarbonyl (C=S) groups is 1. The molecule has 1 saturated heterocycles. The summed E-state index contributed by atoms with van der Waals surface area (Å²) in [6.07, 6.45) is 3.80. The lowest BCUT2D eigenvalue weighted by Gasteiger charge is -2.16. The Morgan fingerprint density at radius 3 is 2.90 bits per heavy atom. The summed E-state index contributed by atoms with van der Waals surface area (Å²) < 4.78 is 5.60. The van der Waals surface area contributed by atoms with Crippen LogP contribution in [-0.4, -0.2) is 24.4 Å². The van der Waals surface area contributed by atoms with E-state index in [-0.39, 0.29) is 0 Å². The minimum atomic E-state index is 0.410. The molecule has 1 aromatic carbocycles. The standard InChI is InChI=1S/C16H24N2OS/c1-12(2)14-7-3-4-8-15(14)18-16(20)17-10-9-13-6-5-11-19-13/h3-4,7-8,12-13H,5-6,9-11H2,1-2H3,(H2,17,18,20). The third kappa shape index (κ3) is 4.46. The topological polar surface area (TPSA) is 33.3 Å². The minimum Gasteiger partial charge on any atom is -0.378 e. The number of nitrogens with one attached hydrogen (secondary N) is 2. The molecule has 1 aliphatic rings. The zero-order valence-electron chi connectivity index (χ0n) is 12.3. The molecule has 1 atom stereocenters. The number of benzene rings is 1. The Kier molecular flexibility index (Phi) is 5.80. The maximum atomic E-state index is 5.60. The molecular formula is C16H24N2OS. The van der Waals surface area contributed by atoms with Crippen LogP contribution in [-0.2, 0) is 4.74 Å². The van der Waals surface area contributed by atoms with Gasteiger partial charge in [-0.05, 0) is 49.0 Å². The summed E-state index contributed by atoms with van der Waals surface area (Å²) in [7, 11) is 0. The largest absolute Gasteiger partial charge is 0.378 e. The van der Waals surface area contributed by atoms with E-state index < -0.39 is 0 Å². The Labute approximate surface area is 127 Å². The number of para-hydroxylation sites is 1. The Morgan fingerprint density at radius 1 is 1.40 bits per heavy atom. The molecule has 20 heavy (non-hydrogen) atoms. The molecule has 0 amide bonds. The lowest BCUT2D eigenvalue weighted by Crippen LogP contribution is -2.31. The first-order valence-electron chi connectivity index (χ1n) is 7.42. The van der Waals surface area contributed by atoms with Crippen molar-refractivity contribution in [1.82, 2.24) is 5.32 Å². The maximum Gasteiger partial charge on any atom is 0.170 e. The molecule has 0 aromatic heterocycles. The summed E-state index contributed by atoms with van der Waals surface area (Å²) in [5.74, 6) is 0.480. The zero-order valence-corrected chi connectivity index (χ0v) is 13.1. The Bertz CT molecular complexity index is 442. The summed E-state index contributed by atoms with van der Waals surface area (Å²) in [6.45, 7) is 6.15. The molecule has 1 aromatic rings. The van der Waals surface area contributed by atoms with Crippen LogP contribution in [0.1, 0.15) is 44.6 Å². The number of rotatable bonds is 5. The first-order valence-corrected chi connectivity index (χ1v) is 7.83. The van der Waals surface area contributed by atoms with E-state index in [9.17, 15) is 0 Å². The Morgan fingerprint density at radius 2 is 2.20 bits per heavy atom. The van der Waals surface area contributed by atoms with E-state index in [2.05, 4.69) is 42.7 Å². The molecule has 1 aliphatic heterocycles. The van der Waals surface area contributed by atoms with Crippen LogP contribution in [0.2, 0.25) is 0 Å². The van der Waals surface area contributed by atoms with Gasteiger partial charge in [-0.3, -0.25) is 0 Å². The fourth-order valence-electron chi connectivity index (χ4n) is 2.50. The average Bonchev–Trinajstić information content (AvgIpc) is 2.92. The number of hydrogen-bond donors (Lipinski definition) is 2. The van der Waals surface area contributed by atoms with Crippen molar-refractivity contribution >= 4 is 23.0 Å². The van der Waals surface area contributed by atoms with Gasteiger partial charge >= 0.3 is 0 Å². The molecular weight excluding hydrogens is 268 g/mol. The highest BCUT2D eigenvalue weighted by Gasteiger charge is 2.14. The molecule has 1 heterocycles. The third-order valence-corrected chi connectivity index (χ3v) is 3.85. The molecule has 2 N–H and O–H groups in total. The summed E-state index contributed by atoms with van der Waals surface area (Å²) in [4.78, 5) is 0. The van der Waals surface area contributed by atoms with Gasteiger partial charge in [0, 0.05) is 18.8 Å². The highest BCUT2D eigenvalue weighted by atomic mass is 32.1. The van der Waals surface area contributed by atoms with Crippen molar-refractivity contribution in [2.45, 2.75) is 45.1 Å². The van der Waals surface area contributed by atoms with Crippen molar-refractivity contribution in [3.05, 3.63) is 29.8 Å². The van der Waals surface area contributed by atoms with Gasteiger partial charge in [-0.1, -0.05) is 32.0 Å². The van der Waals surface area contributed by atoms with Crippen LogP contribution in [0.15, 0.2) is 24.3 Å². The van der Waals surface area contributed by atoms with Gasteiger partial charge in [0.2, 0.25) is 0 Å². The summed E-state index contributed by atoms with van der Waals surface area (Å²) >= 11 is 5.36. The van der Waals surface area contributed by atoms with Crippen LogP contribution in [0.3, 0.4) is 0 Å². The minimum absolute atomic E-state index is 0.410. The van der Waals surface area contributed by atoms with Crippen molar-refractivity contribution < 1.29 is 4.74 Å².